The van der Waals surface area contributed by atoms with Gasteiger partial charge in [-0.1, -0.05) is 174 Å². The van der Waals surface area contributed by atoms with Gasteiger partial charge in [-0.2, -0.15) is 0 Å². The van der Waals surface area contributed by atoms with E-state index in [9.17, 15) is 0 Å². The quantitative estimate of drug-likeness (QED) is 0.0744. The van der Waals surface area contributed by atoms with Crippen LogP contribution in [0.15, 0.2) is 91.0 Å². The highest BCUT2D eigenvalue weighted by atomic mass is 15.3. The first-order valence-electron chi connectivity index (χ1n) is 17.5. The number of unbranched alkanes of at least 4 members (excludes halogenated alkanes) is 14. The van der Waals surface area contributed by atoms with Crippen molar-refractivity contribution in [2.24, 2.45) is 5.92 Å². The van der Waals surface area contributed by atoms with Gasteiger partial charge in [0, 0.05) is 5.56 Å². The van der Waals surface area contributed by atoms with Gasteiger partial charge in [-0.05, 0) is 49.1 Å². The Kier molecular flexibility index (Phi) is 17.3. The van der Waals surface area contributed by atoms with Crippen LogP contribution in [-0.2, 0) is 19.4 Å². The van der Waals surface area contributed by atoms with Crippen LogP contribution in [0.5, 0.6) is 0 Å². The van der Waals surface area contributed by atoms with Gasteiger partial charge >= 0.3 is 0 Å². The molecule has 0 amide bonds. The first-order valence-corrected chi connectivity index (χ1v) is 17.5. The zero-order chi connectivity index (χ0) is 29.6. The van der Waals surface area contributed by atoms with Crippen molar-refractivity contribution in [3.63, 3.8) is 0 Å². The molecule has 0 unspecified atom stereocenters. The molecule has 0 saturated heterocycles. The predicted octanol–water partition coefficient (Wildman–Crippen LogP) is 11.6. The number of nitrogens with zero attached hydrogens (tertiary/aromatic N) is 1. The lowest BCUT2D eigenvalue weighted by atomic mass is 9.88. The fourth-order valence-electron chi connectivity index (χ4n) is 6.60. The Balaban J connectivity index is 1.10. The first-order chi connectivity index (χ1) is 20.6. The molecule has 230 valence electrons. The SMILES string of the molecule is C[N+](C)(CCCCCCCCCCCCCCCCCC(Cc1ccccc1)Cc1ccccc1)Cc1ccccc1. The van der Waals surface area contributed by atoms with Gasteiger partial charge in [-0.25, -0.2) is 0 Å². The largest absolute Gasteiger partial charge is 0.325 e. The van der Waals surface area contributed by atoms with Crippen molar-refractivity contribution in [2.45, 2.75) is 122 Å². The minimum atomic E-state index is 0.756. The van der Waals surface area contributed by atoms with Crippen molar-refractivity contribution in [1.29, 1.82) is 0 Å². The Morgan fingerprint density at radius 1 is 0.405 bits per heavy atom. The van der Waals surface area contributed by atoms with E-state index in [4.69, 9.17) is 0 Å². The van der Waals surface area contributed by atoms with E-state index in [2.05, 4.69) is 105 Å². The van der Waals surface area contributed by atoms with Crippen LogP contribution in [0.2, 0.25) is 0 Å². The second kappa shape index (κ2) is 21.3. The minimum absolute atomic E-state index is 0.756. The average Bonchev–Trinajstić information content (AvgIpc) is 3.00. The summed E-state index contributed by atoms with van der Waals surface area (Å²) in [5.74, 6) is 0.756. The fourth-order valence-corrected chi connectivity index (χ4v) is 6.60. The van der Waals surface area contributed by atoms with E-state index in [1.165, 1.54) is 139 Å². The molecule has 0 radical (unpaired) electrons. The highest BCUT2D eigenvalue weighted by Crippen LogP contribution is 2.22. The molecular weight excluding hydrogens is 506 g/mol. The zero-order valence-electron chi connectivity index (χ0n) is 27.3. The molecule has 42 heavy (non-hydrogen) atoms. The van der Waals surface area contributed by atoms with Gasteiger partial charge in [-0.3, -0.25) is 0 Å². The molecule has 0 aromatic heterocycles. The van der Waals surface area contributed by atoms with Gasteiger partial charge in [0.1, 0.15) is 6.54 Å². The summed E-state index contributed by atoms with van der Waals surface area (Å²) in [7, 11) is 4.76. The number of rotatable bonds is 24. The highest BCUT2D eigenvalue weighted by Gasteiger charge is 2.15. The maximum absolute atomic E-state index is 2.38. The van der Waals surface area contributed by atoms with E-state index >= 15 is 0 Å². The van der Waals surface area contributed by atoms with Crippen LogP contribution in [-0.4, -0.2) is 25.1 Å². The Morgan fingerprint density at radius 2 is 0.738 bits per heavy atom. The third-order valence-corrected chi connectivity index (χ3v) is 9.06. The van der Waals surface area contributed by atoms with Crippen molar-refractivity contribution in [1.82, 2.24) is 0 Å². The van der Waals surface area contributed by atoms with E-state index < -0.39 is 0 Å². The molecule has 0 heterocycles. The lowest BCUT2D eigenvalue weighted by Gasteiger charge is -2.30. The van der Waals surface area contributed by atoms with Crippen LogP contribution in [0.4, 0.5) is 0 Å². The van der Waals surface area contributed by atoms with Crippen molar-refractivity contribution >= 4 is 0 Å². The molecule has 0 fully saturated rings. The predicted molar refractivity (Wildman–Crippen MR) is 185 cm³/mol. The molecule has 0 spiro atoms. The summed E-state index contributed by atoms with van der Waals surface area (Å²) in [6.45, 7) is 2.43. The van der Waals surface area contributed by atoms with E-state index in [0.29, 0.717) is 0 Å². The maximum atomic E-state index is 2.38. The third kappa shape index (κ3) is 16.3. The molecule has 0 aliphatic heterocycles. The van der Waals surface area contributed by atoms with Gasteiger partial charge in [0.05, 0.1) is 20.6 Å². The lowest BCUT2D eigenvalue weighted by molar-refractivity contribution is -0.903. The van der Waals surface area contributed by atoms with Crippen LogP contribution in [0.25, 0.3) is 0 Å². The maximum Gasteiger partial charge on any atom is 0.104 e. The summed E-state index contributed by atoms with van der Waals surface area (Å²) < 4.78 is 1.11. The topological polar surface area (TPSA) is 0 Å². The fraction of sp³-hybridized carbons (Fsp3) is 0.561. The molecule has 0 N–H and O–H groups in total. The standard InChI is InChI=1S/C41H62N/c1-42(2,37-40-31-24-18-25-32-40)34-26-15-13-11-9-7-5-3-4-6-8-10-12-14-19-33-41(35-38-27-20-16-21-28-38)36-39-29-22-17-23-30-39/h16-18,20-25,27-32,41H,3-15,19,26,33-37H2,1-2H3/q+1. The smallest absolute Gasteiger partial charge is 0.104 e. The molecule has 0 aliphatic rings. The van der Waals surface area contributed by atoms with Crippen molar-refractivity contribution in [2.75, 3.05) is 20.6 Å². The van der Waals surface area contributed by atoms with Crippen LogP contribution in [0.3, 0.4) is 0 Å². The van der Waals surface area contributed by atoms with Crippen LogP contribution in [0.1, 0.15) is 119 Å². The number of hydrogen-bond acceptors (Lipinski definition) is 0. The Bertz CT molecular complexity index is 969. The van der Waals surface area contributed by atoms with E-state index in [0.717, 1.165) is 16.9 Å². The van der Waals surface area contributed by atoms with E-state index in [1.807, 2.05) is 0 Å². The summed E-state index contributed by atoms with van der Waals surface area (Å²) >= 11 is 0. The second-order valence-corrected chi connectivity index (χ2v) is 13.6. The highest BCUT2D eigenvalue weighted by molar-refractivity contribution is 5.18. The van der Waals surface area contributed by atoms with Gasteiger partial charge in [-0.15, -0.1) is 0 Å². The van der Waals surface area contributed by atoms with Gasteiger partial charge in [0.25, 0.3) is 0 Å². The molecule has 3 aromatic rings. The summed E-state index contributed by atoms with van der Waals surface area (Å²) in [6.07, 6.45) is 25.2. The normalized spacial score (nSPS) is 11.8. The number of hydrogen-bond donors (Lipinski definition) is 0. The molecule has 0 bridgehead atoms. The Labute approximate surface area is 260 Å². The molecular formula is C41H62N+. The molecule has 0 atom stereocenters. The minimum Gasteiger partial charge on any atom is -0.325 e. The summed E-state index contributed by atoms with van der Waals surface area (Å²) in [4.78, 5) is 0. The molecule has 3 rings (SSSR count). The number of quaternary nitrogens is 1. The lowest BCUT2D eigenvalue weighted by Crippen LogP contribution is -2.39. The summed E-state index contributed by atoms with van der Waals surface area (Å²) in [5.41, 5.74) is 4.44. The van der Waals surface area contributed by atoms with Crippen LogP contribution >= 0.6 is 0 Å². The van der Waals surface area contributed by atoms with Crippen LogP contribution in [0, 0.1) is 5.92 Å². The molecule has 1 heteroatoms. The van der Waals surface area contributed by atoms with E-state index in [-0.39, 0.29) is 0 Å². The van der Waals surface area contributed by atoms with Gasteiger partial charge in [0.15, 0.2) is 0 Å². The summed E-state index contributed by atoms with van der Waals surface area (Å²) in [5, 5.41) is 0. The van der Waals surface area contributed by atoms with Crippen LogP contribution < -0.4 is 0 Å². The van der Waals surface area contributed by atoms with Gasteiger partial charge < -0.3 is 4.48 Å². The second-order valence-electron chi connectivity index (χ2n) is 13.6. The third-order valence-electron chi connectivity index (χ3n) is 9.06. The Morgan fingerprint density at radius 3 is 1.14 bits per heavy atom. The van der Waals surface area contributed by atoms with Crippen molar-refractivity contribution in [3.8, 4) is 0 Å². The van der Waals surface area contributed by atoms with E-state index in [1.54, 1.807) is 0 Å². The van der Waals surface area contributed by atoms with Gasteiger partial charge in [0.2, 0.25) is 0 Å². The first kappa shape index (κ1) is 34.1. The number of benzene rings is 3. The molecule has 3 aromatic carbocycles. The average molecular weight is 569 g/mol. The monoisotopic (exact) mass is 568 g/mol. The molecule has 0 aliphatic carbocycles. The van der Waals surface area contributed by atoms with Crippen molar-refractivity contribution in [3.05, 3.63) is 108 Å². The summed E-state index contributed by atoms with van der Waals surface area (Å²) in [6, 6.07) is 33.2. The van der Waals surface area contributed by atoms with Crippen molar-refractivity contribution < 1.29 is 4.48 Å². The zero-order valence-corrected chi connectivity index (χ0v) is 27.3. The molecule has 0 saturated carbocycles. The molecule has 1 nitrogen and oxygen atoms in total. The Hall–Kier alpha value is -2.38.